The predicted octanol–water partition coefficient (Wildman–Crippen LogP) is 4.51. The van der Waals surface area contributed by atoms with E-state index in [0.717, 1.165) is 62.5 Å². The summed E-state index contributed by atoms with van der Waals surface area (Å²) in [5, 5.41) is 6.82. The second kappa shape index (κ2) is 11.0. The van der Waals surface area contributed by atoms with Crippen molar-refractivity contribution in [3.05, 3.63) is 47.0 Å². The number of fused-ring (bicyclic) bond motifs is 1. The Labute approximate surface area is 224 Å². The van der Waals surface area contributed by atoms with Crippen LogP contribution in [0.4, 0.5) is 16.2 Å². The van der Waals surface area contributed by atoms with Crippen LogP contribution in [0.1, 0.15) is 31.2 Å². The van der Waals surface area contributed by atoms with E-state index < -0.39 is 0 Å². The number of nitrogens with zero attached hydrogens (tertiary/aromatic N) is 2. The van der Waals surface area contributed by atoms with Gasteiger partial charge in [0.1, 0.15) is 0 Å². The van der Waals surface area contributed by atoms with Crippen LogP contribution in [0.3, 0.4) is 0 Å². The SMILES string of the molecule is COc1ccc([C@@]23CC[C@H](NC(=O)Nc4ccc(N5CCOCC5)c(Cl)c4)C[C@H]2N(C)CC3)cc1OC. The molecular weight excluding hydrogens is 492 g/mol. The number of ether oxygens (including phenoxy) is 3. The fraction of sp³-hybridized carbons (Fsp3) is 0.536. The van der Waals surface area contributed by atoms with Gasteiger partial charge in [-0.05, 0) is 75.2 Å². The Morgan fingerprint density at radius 1 is 1.05 bits per heavy atom. The van der Waals surface area contributed by atoms with E-state index in [9.17, 15) is 4.79 Å². The van der Waals surface area contributed by atoms with E-state index in [4.69, 9.17) is 25.8 Å². The largest absolute Gasteiger partial charge is 0.493 e. The average molecular weight is 529 g/mol. The molecule has 3 fully saturated rings. The number of amides is 2. The number of carbonyl (C=O) groups is 1. The summed E-state index contributed by atoms with van der Waals surface area (Å²) < 4.78 is 16.5. The smallest absolute Gasteiger partial charge is 0.319 e. The van der Waals surface area contributed by atoms with Crippen LogP contribution >= 0.6 is 11.6 Å². The third-order valence-corrected chi connectivity index (χ3v) is 8.68. The zero-order chi connectivity index (χ0) is 26.0. The normalized spacial score (nSPS) is 25.9. The number of likely N-dealkylation sites (tertiary alicyclic amines) is 1. The molecule has 2 saturated heterocycles. The van der Waals surface area contributed by atoms with Gasteiger partial charge in [0.25, 0.3) is 0 Å². The summed E-state index contributed by atoms with van der Waals surface area (Å²) >= 11 is 6.55. The maximum Gasteiger partial charge on any atom is 0.319 e. The van der Waals surface area contributed by atoms with E-state index in [1.807, 2.05) is 24.3 Å². The molecule has 2 aromatic carbocycles. The third kappa shape index (κ3) is 5.19. The molecule has 0 spiro atoms. The van der Waals surface area contributed by atoms with Crippen molar-refractivity contribution in [3.63, 3.8) is 0 Å². The highest BCUT2D eigenvalue weighted by Gasteiger charge is 2.50. The summed E-state index contributed by atoms with van der Waals surface area (Å²) in [6, 6.07) is 12.3. The molecule has 1 saturated carbocycles. The summed E-state index contributed by atoms with van der Waals surface area (Å²) in [6.45, 7) is 4.06. The monoisotopic (exact) mass is 528 g/mol. The minimum atomic E-state index is -0.195. The summed E-state index contributed by atoms with van der Waals surface area (Å²) in [7, 11) is 5.53. The van der Waals surface area contributed by atoms with Gasteiger partial charge in [0.05, 0.1) is 38.1 Å². The highest BCUT2D eigenvalue weighted by Crippen LogP contribution is 2.49. The molecule has 3 aliphatic rings. The first-order chi connectivity index (χ1) is 17.9. The number of nitrogens with one attached hydrogen (secondary N) is 2. The predicted molar refractivity (Wildman–Crippen MR) is 147 cm³/mol. The molecule has 0 aromatic heterocycles. The van der Waals surface area contributed by atoms with Crippen molar-refractivity contribution in [3.8, 4) is 11.5 Å². The molecule has 0 unspecified atom stereocenters. The molecule has 2 heterocycles. The van der Waals surface area contributed by atoms with Gasteiger partial charge in [-0.1, -0.05) is 17.7 Å². The molecule has 0 radical (unpaired) electrons. The fourth-order valence-corrected chi connectivity index (χ4v) is 6.69. The summed E-state index contributed by atoms with van der Waals surface area (Å²) in [5.41, 5.74) is 3.00. The molecule has 200 valence electrons. The summed E-state index contributed by atoms with van der Waals surface area (Å²) in [5.74, 6) is 1.51. The van der Waals surface area contributed by atoms with Crippen LogP contribution in [0, 0.1) is 0 Å². The van der Waals surface area contributed by atoms with Crippen LogP contribution in [-0.2, 0) is 10.2 Å². The molecule has 5 rings (SSSR count). The molecule has 8 nitrogen and oxygen atoms in total. The lowest BCUT2D eigenvalue weighted by atomic mass is 9.65. The average Bonchev–Trinajstić information content (AvgIpc) is 3.25. The minimum absolute atomic E-state index is 0.0474. The van der Waals surface area contributed by atoms with Crippen molar-refractivity contribution in [1.82, 2.24) is 10.2 Å². The van der Waals surface area contributed by atoms with Crippen LogP contribution in [0.2, 0.25) is 5.02 Å². The maximum atomic E-state index is 12.9. The van der Waals surface area contributed by atoms with Crippen molar-refractivity contribution in [2.24, 2.45) is 0 Å². The molecule has 2 amide bonds. The van der Waals surface area contributed by atoms with Crippen LogP contribution in [-0.4, -0.2) is 77.1 Å². The lowest BCUT2D eigenvalue weighted by Gasteiger charge is -2.45. The lowest BCUT2D eigenvalue weighted by molar-refractivity contribution is 0.122. The number of methoxy groups -OCH3 is 2. The number of rotatable bonds is 6. The number of carbonyl (C=O) groups excluding carboxylic acids is 1. The standard InChI is InChI=1S/C28H37ClN4O4/c1-32-11-10-28(19-4-7-24(35-2)25(16-19)36-3)9-8-21(18-26(28)32)31-27(34)30-20-5-6-23(22(29)17-20)33-12-14-37-15-13-33/h4-7,16-17,21,26H,8-15,18H2,1-3H3,(H2,30,31,34)/t21-,26+,28-/m0/s1. The zero-order valence-corrected chi connectivity index (χ0v) is 22.6. The maximum absolute atomic E-state index is 12.9. The van der Waals surface area contributed by atoms with Crippen molar-refractivity contribution in [1.29, 1.82) is 0 Å². The Bertz CT molecular complexity index is 1130. The minimum Gasteiger partial charge on any atom is -0.493 e. The Morgan fingerprint density at radius 2 is 1.84 bits per heavy atom. The zero-order valence-electron chi connectivity index (χ0n) is 21.9. The van der Waals surface area contributed by atoms with Crippen molar-refractivity contribution in [2.45, 2.75) is 43.2 Å². The van der Waals surface area contributed by atoms with Gasteiger partial charge in [0, 0.05) is 36.3 Å². The van der Waals surface area contributed by atoms with E-state index in [1.54, 1.807) is 14.2 Å². The van der Waals surface area contributed by atoms with Gasteiger partial charge in [-0.25, -0.2) is 4.79 Å². The molecule has 0 bridgehead atoms. The van der Waals surface area contributed by atoms with E-state index in [1.165, 1.54) is 5.56 Å². The Balaban J connectivity index is 1.24. The van der Waals surface area contributed by atoms with Gasteiger partial charge < -0.3 is 34.6 Å². The van der Waals surface area contributed by atoms with Gasteiger partial charge in [0.15, 0.2) is 11.5 Å². The first-order valence-corrected chi connectivity index (χ1v) is 13.4. The number of benzene rings is 2. The van der Waals surface area contributed by atoms with E-state index in [0.29, 0.717) is 30.0 Å². The summed E-state index contributed by atoms with van der Waals surface area (Å²) in [6.07, 6.45) is 3.91. The highest BCUT2D eigenvalue weighted by molar-refractivity contribution is 6.33. The van der Waals surface area contributed by atoms with Crippen LogP contribution in [0.5, 0.6) is 11.5 Å². The van der Waals surface area contributed by atoms with E-state index in [-0.39, 0.29) is 17.5 Å². The lowest BCUT2D eigenvalue weighted by Crippen LogP contribution is -2.52. The Hall–Kier alpha value is -2.68. The highest BCUT2D eigenvalue weighted by atomic mass is 35.5. The van der Waals surface area contributed by atoms with Gasteiger partial charge >= 0.3 is 6.03 Å². The molecule has 9 heteroatoms. The number of halogens is 1. The van der Waals surface area contributed by atoms with Crippen molar-refractivity contribution < 1.29 is 19.0 Å². The Morgan fingerprint density at radius 3 is 2.57 bits per heavy atom. The number of hydrogen-bond donors (Lipinski definition) is 2. The number of anilines is 2. The molecule has 2 aromatic rings. The van der Waals surface area contributed by atoms with Gasteiger partial charge in [-0.3, -0.25) is 0 Å². The topological polar surface area (TPSA) is 75.3 Å². The van der Waals surface area contributed by atoms with Gasteiger partial charge in [0.2, 0.25) is 0 Å². The number of morpholine rings is 1. The second-order valence-electron chi connectivity index (χ2n) is 10.3. The van der Waals surface area contributed by atoms with Crippen LogP contribution in [0.25, 0.3) is 0 Å². The molecule has 2 N–H and O–H groups in total. The van der Waals surface area contributed by atoms with Gasteiger partial charge in [-0.15, -0.1) is 0 Å². The van der Waals surface area contributed by atoms with E-state index >= 15 is 0 Å². The van der Waals surface area contributed by atoms with Gasteiger partial charge in [-0.2, -0.15) is 0 Å². The molecular formula is C28H37ClN4O4. The molecule has 3 atom stereocenters. The first kappa shape index (κ1) is 25.9. The molecule has 2 aliphatic heterocycles. The fourth-order valence-electron chi connectivity index (χ4n) is 6.39. The number of likely N-dealkylation sites (N-methyl/N-ethyl adjacent to an activating group) is 1. The summed E-state index contributed by atoms with van der Waals surface area (Å²) in [4.78, 5) is 17.6. The Kier molecular flexibility index (Phi) is 7.70. The second-order valence-corrected chi connectivity index (χ2v) is 10.7. The quantitative estimate of drug-likeness (QED) is 0.574. The third-order valence-electron chi connectivity index (χ3n) is 8.38. The van der Waals surface area contributed by atoms with E-state index in [2.05, 4.69) is 39.6 Å². The van der Waals surface area contributed by atoms with Crippen LogP contribution < -0.4 is 25.0 Å². The van der Waals surface area contributed by atoms with Crippen molar-refractivity contribution in [2.75, 3.05) is 64.3 Å². The number of hydrogen-bond acceptors (Lipinski definition) is 6. The van der Waals surface area contributed by atoms with Crippen molar-refractivity contribution >= 4 is 29.0 Å². The molecule has 1 aliphatic carbocycles. The molecule has 37 heavy (non-hydrogen) atoms. The first-order valence-electron chi connectivity index (χ1n) is 13.1. The number of urea groups is 1. The van der Waals surface area contributed by atoms with Crippen LogP contribution in [0.15, 0.2) is 36.4 Å².